The van der Waals surface area contributed by atoms with Crippen molar-refractivity contribution in [2.24, 2.45) is 0 Å². The minimum atomic E-state index is -4.59. The van der Waals surface area contributed by atoms with Crippen molar-refractivity contribution in [3.63, 3.8) is 0 Å². The van der Waals surface area contributed by atoms with E-state index >= 15 is 30.7 Å². The number of nitrogen functional groups attached to an aromatic ring is 6. The molecule has 732 valence electrons. The average Bonchev–Trinajstić information content (AvgIpc) is 1.70. The number of alkyl halides is 7. The van der Waals surface area contributed by atoms with E-state index in [1.165, 1.54) is 59.9 Å². The maximum atomic E-state index is 16.1. The molecule has 0 radical (unpaired) electrons. The quantitative estimate of drug-likeness (QED) is 0.0823. The predicted molar refractivity (Wildman–Crippen MR) is 477 cm³/mol. The summed E-state index contributed by atoms with van der Waals surface area (Å²) in [7, 11) is 0. The second-order valence-corrected chi connectivity index (χ2v) is 49.8. The second kappa shape index (κ2) is 36.9. The summed E-state index contributed by atoms with van der Waals surface area (Å²) in [5.41, 5.74) is 33.3. The van der Waals surface area contributed by atoms with Gasteiger partial charge >= 0.3 is 46.2 Å². The summed E-state index contributed by atoms with van der Waals surface area (Å²) in [4.78, 5) is 138. The number of hydrogen-bond acceptors (Lipinski definition) is 48. The highest BCUT2D eigenvalue weighted by molar-refractivity contribution is 8.09. The summed E-state index contributed by atoms with van der Waals surface area (Å²) >= 11 is 32.6. The van der Waals surface area contributed by atoms with Gasteiger partial charge in [0.25, 0.3) is 16.7 Å². The molecule has 9 aliphatic rings. The van der Waals surface area contributed by atoms with E-state index in [0.717, 1.165) is 46.8 Å². The molecule has 0 spiro atoms. The maximum absolute atomic E-state index is 16.1. The van der Waals surface area contributed by atoms with Crippen molar-refractivity contribution >= 4 is 236 Å². The van der Waals surface area contributed by atoms with Crippen LogP contribution in [0.15, 0.2) is 69.8 Å². The van der Waals surface area contributed by atoms with Crippen LogP contribution in [0.4, 0.5) is 65.6 Å². The third-order valence-corrected chi connectivity index (χ3v) is 34.0. The van der Waals surface area contributed by atoms with Gasteiger partial charge in [0.1, 0.15) is 89.2 Å². The lowest BCUT2D eigenvalue weighted by Gasteiger charge is -2.28. The third kappa shape index (κ3) is 18.8. The van der Waals surface area contributed by atoms with Gasteiger partial charge in [-0.05, 0) is 95.1 Å². The van der Waals surface area contributed by atoms with Gasteiger partial charge in [-0.1, -0.05) is 20.9 Å². The van der Waals surface area contributed by atoms with Gasteiger partial charge in [-0.3, -0.25) is 61.0 Å². The molecule has 21 N–H and O–H groups in total. The number of nitrogens with one attached hydrogen (secondary N) is 3. The van der Waals surface area contributed by atoms with Gasteiger partial charge < -0.3 is 114 Å². The predicted octanol–water partition coefficient (Wildman–Crippen LogP) is 1.27. The smallest absolute Gasteiger partial charge is 0.325 e. The Bertz CT molecular complexity index is 6950. The molecule has 0 aromatic carbocycles. The summed E-state index contributed by atoms with van der Waals surface area (Å²) in [5.74, 6) is -4.75. The van der Waals surface area contributed by atoms with Gasteiger partial charge in [-0.15, -0.1) is 43.9 Å². The number of nitrogens with zero attached hydrogens (tertiary/aromatic N) is 21. The molecule has 0 saturated carbocycles. The van der Waals surface area contributed by atoms with Crippen molar-refractivity contribution in [1.29, 1.82) is 0 Å². The molecule has 12 aromatic rings. The Balaban J connectivity index is 0.000000131. The zero-order valence-electron chi connectivity index (χ0n) is 67.1. The van der Waals surface area contributed by atoms with Gasteiger partial charge in [-0.2, -0.15) is 33.1 Å². The summed E-state index contributed by atoms with van der Waals surface area (Å²) < 4.78 is 207. The molecule has 9 saturated heterocycles. The van der Waals surface area contributed by atoms with E-state index in [-0.39, 0.29) is 85.2 Å². The highest BCUT2D eigenvalue weighted by atomic mass is 32.5. The Morgan fingerprint density at radius 2 is 0.787 bits per heavy atom. The van der Waals surface area contributed by atoms with E-state index in [1.54, 1.807) is 0 Å². The highest BCUT2D eigenvalue weighted by Crippen LogP contribution is 2.62. The molecule has 6 bridgehead atoms. The number of aromatic nitrogens is 24. The maximum Gasteiger partial charge on any atom is 0.325 e. The normalized spacial score (nSPS) is 37.3. The molecule has 76 heteroatoms. The average molecular weight is 2180 g/mol. The Kier molecular flexibility index (Phi) is 26.5. The minimum absolute atomic E-state index is 0.0577. The molecule has 21 heterocycles. The molecular weight excluding hydrogens is 2120 g/mol. The molecule has 0 aliphatic carbocycles. The van der Waals surface area contributed by atoms with Gasteiger partial charge in [0.05, 0.1) is 67.8 Å². The first kappa shape index (κ1) is 97.6. The number of hydrogen-bond donors (Lipinski definition) is 15. The van der Waals surface area contributed by atoms with Crippen molar-refractivity contribution in [2.75, 3.05) is 74.0 Å². The Hall–Kier alpha value is -7.27. The first-order chi connectivity index (χ1) is 64.3. The van der Waals surface area contributed by atoms with Crippen LogP contribution < -0.4 is 51.1 Å². The van der Waals surface area contributed by atoms with Crippen LogP contribution in [0, 0.1) is 0 Å². The van der Waals surface area contributed by atoms with E-state index in [2.05, 4.69) is 91.1 Å². The fraction of sp³-hybridized carbons (Fsp3) is 0.500. The third-order valence-electron chi connectivity index (χ3n) is 21.7. The number of nitrogens with two attached hydrogens (primary N) is 6. The highest BCUT2D eigenvalue weighted by Gasteiger charge is 2.64. The molecule has 21 rings (SSSR count). The van der Waals surface area contributed by atoms with Crippen LogP contribution in [0.3, 0.4) is 0 Å². The van der Waals surface area contributed by atoms with Crippen LogP contribution in [0.1, 0.15) is 35.7 Å². The molecule has 136 heavy (non-hydrogen) atoms. The van der Waals surface area contributed by atoms with E-state index in [4.69, 9.17) is 178 Å². The number of thioether (sulfide) groups is 2. The van der Waals surface area contributed by atoms with Crippen LogP contribution in [0.25, 0.3) is 66.9 Å². The summed E-state index contributed by atoms with van der Waals surface area (Å²) in [6, 6.07) is 5.96. The largest absolute Gasteiger partial charge is 0.398 e. The second-order valence-electron chi connectivity index (χ2n) is 30.4. The summed E-state index contributed by atoms with van der Waals surface area (Å²) in [5, 5.41) is 26.6. The van der Waals surface area contributed by atoms with E-state index < -0.39 is 241 Å². The lowest BCUT2D eigenvalue weighted by molar-refractivity contribution is -0.135. The lowest BCUT2D eigenvalue weighted by Crippen LogP contribution is -2.41. The van der Waals surface area contributed by atoms with E-state index in [1.807, 2.05) is 0 Å². The standard InChI is InChI=1S/C21H22F3N9O9P2S2.C20H22F2N10O8P2S3.C19H21F2N11O8P2S3/c22-11-9-5-37-44(36,46)42-14-10(40-19(21(14,23)24)32-4-2-7-8(25)1-3-27-15(7)32)6-38-43(35,45)41-13(11)18(39-9)33-16-12(30-31-33)17(34)29-20(26)28-16;21-9-8-4-37-42(35,44)39-13-7(38-18(10(13)22)31-5-26-11-6(23)1-2-25-15(11)31)3-36-41(34,43)40-14(9)19(45-8)32-16-12(29-30-32)17(33)28-20(24)27-16;20-8-7-4-37-42(35,44)39-12-6(38-17(9(12)21)31-14-10(27-29-31)5(22)1-2-24-14)3-36-41(34,43)40-13(8)18(45-7)32-15-11(28-30-32)16(33)26-19(23)25-15/h1-4,9-11,13-14,18-19H,5-6H2,(H2,25,27)(H,35,45)(H,36,46)(H3,26,28,29,34);1-2,5,7-10,13-14,18-19H,3-4H2,(H2,23,25)(H,34,43)(H,35,44)(H3,24,27,28,33);1-2,6-9,12-13,17-18H,3-4H2,(H2,22,24)(H,34,43)(H,35,44)(H3,23,25,26,33)/t9-,10-,11+,13-,14-,18-,19-,43?,44?;7-,8-,9-,10+,13-,14-,18-,19-,41?,42?;6-,7-,8-,9+,12-,13-,17-,18-,41?,42?/m111/s1. The summed E-state index contributed by atoms with van der Waals surface area (Å²) in [6.07, 6.45) is -26.6. The van der Waals surface area contributed by atoms with Gasteiger partial charge in [-0.25, -0.2) is 51.3 Å². The van der Waals surface area contributed by atoms with Gasteiger partial charge in [0.15, 0.2) is 93.6 Å². The van der Waals surface area contributed by atoms with Crippen molar-refractivity contribution in [2.45, 2.75) is 144 Å². The van der Waals surface area contributed by atoms with Gasteiger partial charge in [0.2, 0.25) is 24.1 Å². The monoisotopic (exact) mass is 2180 g/mol. The number of fused-ring (bicyclic) bond motifs is 15. The van der Waals surface area contributed by atoms with E-state index in [9.17, 15) is 43.7 Å². The van der Waals surface area contributed by atoms with Crippen LogP contribution in [0.2, 0.25) is 0 Å². The van der Waals surface area contributed by atoms with Crippen LogP contribution in [0.5, 0.6) is 0 Å². The number of aromatic amines is 3. The van der Waals surface area contributed by atoms with Crippen LogP contribution >= 0.6 is 63.8 Å². The molecule has 6 unspecified atom stereocenters. The van der Waals surface area contributed by atoms with Crippen molar-refractivity contribution in [1.82, 2.24) is 119 Å². The molecule has 29 atom stereocenters. The number of rotatable bonds is 6. The lowest BCUT2D eigenvalue weighted by atomic mass is 10.1. The number of halogens is 7. The molecular formula is C60H65F7N30O25P6S8. The summed E-state index contributed by atoms with van der Waals surface area (Å²) in [6.45, 7) is -30.4. The fourth-order valence-electron chi connectivity index (χ4n) is 15.6. The van der Waals surface area contributed by atoms with Crippen LogP contribution in [-0.2, 0) is 144 Å². The minimum Gasteiger partial charge on any atom is -0.398 e. The Morgan fingerprint density at radius 1 is 0.397 bits per heavy atom. The molecule has 55 nitrogen and oxygen atoms in total. The van der Waals surface area contributed by atoms with Crippen molar-refractivity contribution < 1.29 is 133 Å². The zero-order valence-corrected chi connectivity index (χ0v) is 79.0. The van der Waals surface area contributed by atoms with Crippen LogP contribution in [-0.4, -0.2) is 296 Å². The van der Waals surface area contributed by atoms with Crippen molar-refractivity contribution in [3.05, 3.63) is 86.4 Å². The number of imidazole rings is 1. The number of ether oxygens (including phenoxy) is 4. The van der Waals surface area contributed by atoms with Crippen molar-refractivity contribution in [3.8, 4) is 0 Å². The fourth-order valence-corrected chi connectivity index (χ4v) is 27.4. The molecule has 9 fully saturated rings. The molecule has 12 aromatic heterocycles. The van der Waals surface area contributed by atoms with Gasteiger partial charge in [0, 0.05) is 35.9 Å². The Labute approximate surface area is 788 Å². The topological polar surface area (TPSA) is 747 Å². The van der Waals surface area contributed by atoms with E-state index in [0.29, 0.717) is 16.6 Å². The first-order valence-corrected chi connectivity index (χ1v) is 56.2. The first-order valence-electron chi connectivity index (χ1n) is 38.8. The zero-order chi connectivity index (χ0) is 96.4. The SMILES string of the molecule is Nc1nc2c(nnn2[C@@H]2O[C@@H]3COP(O)(=S)O[C@@H]4[C@@H](COP(O)(=S)O[C@@H]2[C@H]3F)O[C@@H](n2ccc3c(N)ccnc32)C4(F)F)c(=O)[nH]1.Nc1nc2c(nnn2[C@@H]2S[C@@H]3COP(O)(=S)O[C@H]4[C@H](F)[C@H](n5cnc6c(N)ccnc65)O[C@@H]4COP(O)(=S)O[C@@H]2[C@@H]3F)c(=O)[nH]1.Nc1nc2c(nnn2[C@@H]2S[C@@H]3COP(O)(=S)O[C@H]4[C@H](F)[C@H](n5nnc6c(N)ccnc65)O[C@@H]4COP(O)(=S)O[C@@H]2[C@@H]3F)c(=O)[nH]1. The number of anilines is 6. The number of pyridine rings is 3. The molecule has 0 amide bonds. The number of H-pyrrole nitrogens is 3. The molecule has 9 aliphatic heterocycles. The Morgan fingerprint density at radius 3 is 1.30 bits per heavy atom.